The van der Waals surface area contributed by atoms with Crippen LogP contribution in [0.15, 0.2) is 30.6 Å². The van der Waals surface area contributed by atoms with Crippen LogP contribution in [0.3, 0.4) is 0 Å². The zero-order chi connectivity index (χ0) is 16.1. The minimum Gasteiger partial charge on any atom is -0.309 e. The van der Waals surface area contributed by atoms with Crippen molar-refractivity contribution in [3.63, 3.8) is 0 Å². The first-order chi connectivity index (χ1) is 11.0. The third-order valence-electron chi connectivity index (χ3n) is 6.05. The summed E-state index contributed by atoms with van der Waals surface area (Å²) in [7, 11) is 0. The maximum absolute atomic E-state index is 4.35. The van der Waals surface area contributed by atoms with Gasteiger partial charge in [0.25, 0.3) is 0 Å². The molecule has 2 aliphatic rings. The number of aromatic nitrogens is 1. The lowest BCUT2D eigenvalue weighted by atomic mass is 9.80. The molecule has 1 unspecified atom stereocenters. The number of hydrogen-bond donors (Lipinski definition) is 1. The molecule has 2 heterocycles. The van der Waals surface area contributed by atoms with Crippen LogP contribution in [0.4, 0.5) is 0 Å². The molecule has 2 nitrogen and oxygen atoms in total. The van der Waals surface area contributed by atoms with Crippen molar-refractivity contribution in [3.05, 3.63) is 41.7 Å². The molecular weight excluding hydrogens is 280 g/mol. The second-order valence-corrected chi connectivity index (χ2v) is 8.76. The van der Waals surface area contributed by atoms with Gasteiger partial charge >= 0.3 is 0 Å². The maximum Gasteiger partial charge on any atom is 0.0346 e. The van der Waals surface area contributed by atoms with Crippen LogP contribution in [-0.2, 0) is 5.41 Å². The van der Waals surface area contributed by atoms with E-state index in [-0.39, 0.29) is 5.41 Å². The number of pyridine rings is 1. The normalized spacial score (nSPS) is 23.9. The van der Waals surface area contributed by atoms with E-state index in [1.54, 1.807) is 0 Å². The number of benzene rings is 1. The van der Waals surface area contributed by atoms with Crippen molar-refractivity contribution in [1.29, 1.82) is 0 Å². The highest BCUT2D eigenvalue weighted by Gasteiger charge is 2.41. The molecule has 0 bridgehead atoms. The van der Waals surface area contributed by atoms with E-state index in [4.69, 9.17) is 0 Å². The average Bonchev–Trinajstić information content (AvgIpc) is 3.16. The molecule has 1 atom stereocenters. The molecule has 23 heavy (non-hydrogen) atoms. The van der Waals surface area contributed by atoms with E-state index >= 15 is 0 Å². The van der Waals surface area contributed by atoms with Gasteiger partial charge in [0.05, 0.1) is 0 Å². The van der Waals surface area contributed by atoms with Gasteiger partial charge in [0.15, 0.2) is 0 Å². The van der Waals surface area contributed by atoms with E-state index in [1.165, 1.54) is 60.5 Å². The summed E-state index contributed by atoms with van der Waals surface area (Å²) in [6.45, 7) is 8.10. The molecule has 1 aliphatic heterocycles. The zero-order valence-corrected chi connectivity index (χ0v) is 14.7. The van der Waals surface area contributed by atoms with E-state index < -0.39 is 0 Å². The fourth-order valence-electron chi connectivity index (χ4n) is 4.60. The summed E-state index contributed by atoms with van der Waals surface area (Å²) >= 11 is 0. The molecule has 1 saturated carbocycles. The summed E-state index contributed by atoms with van der Waals surface area (Å²) in [5, 5.41) is 6.51. The molecule has 122 valence electrons. The summed E-state index contributed by atoms with van der Waals surface area (Å²) in [6, 6.07) is 7.47. The average molecular weight is 308 g/mol. The van der Waals surface area contributed by atoms with Crippen molar-refractivity contribution >= 4 is 10.8 Å². The van der Waals surface area contributed by atoms with Crippen LogP contribution in [-0.4, -0.2) is 11.5 Å². The number of nitrogens with zero attached hydrogens (tertiary/aromatic N) is 1. The van der Waals surface area contributed by atoms with E-state index in [2.05, 4.69) is 49.3 Å². The number of hydrogen-bond acceptors (Lipinski definition) is 2. The van der Waals surface area contributed by atoms with Crippen LogP contribution in [0.2, 0.25) is 0 Å². The molecule has 1 N–H and O–H groups in total. The third-order valence-corrected chi connectivity index (χ3v) is 6.05. The van der Waals surface area contributed by atoms with Crippen LogP contribution < -0.4 is 5.32 Å². The first kappa shape index (κ1) is 15.1. The van der Waals surface area contributed by atoms with E-state index in [9.17, 15) is 0 Å². The molecule has 4 rings (SSSR count). The fourth-order valence-corrected chi connectivity index (χ4v) is 4.60. The Hall–Kier alpha value is -1.41. The van der Waals surface area contributed by atoms with Crippen molar-refractivity contribution in [2.75, 3.05) is 6.54 Å². The molecule has 0 amide bonds. The first-order valence-electron chi connectivity index (χ1n) is 9.09. The second kappa shape index (κ2) is 5.31. The smallest absolute Gasteiger partial charge is 0.0346 e. The Labute approximate surface area is 139 Å². The predicted octanol–water partition coefficient (Wildman–Crippen LogP) is 5.13. The summed E-state index contributed by atoms with van der Waals surface area (Å²) in [5.41, 5.74) is 3.64. The Balaban J connectivity index is 1.79. The zero-order valence-electron chi connectivity index (χ0n) is 14.7. The van der Waals surface area contributed by atoms with Gasteiger partial charge in [-0.05, 0) is 58.7 Å². The molecule has 1 saturated heterocycles. The quantitative estimate of drug-likeness (QED) is 0.790. The van der Waals surface area contributed by atoms with E-state index in [0.29, 0.717) is 11.5 Å². The lowest BCUT2D eigenvalue weighted by molar-refractivity contribution is 0.329. The third kappa shape index (κ3) is 2.67. The van der Waals surface area contributed by atoms with Gasteiger partial charge in [-0.25, -0.2) is 0 Å². The molecular formula is C21H28N2. The number of nitrogens with one attached hydrogen (secondary N) is 1. The summed E-state index contributed by atoms with van der Waals surface area (Å²) in [5.74, 6) is 0. The summed E-state index contributed by atoms with van der Waals surface area (Å²) < 4.78 is 0. The van der Waals surface area contributed by atoms with Crippen LogP contribution >= 0.6 is 0 Å². The van der Waals surface area contributed by atoms with Gasteiger partial charge in [0.1, 0.15) is 0 Å². The Morgan fingerprint density at radius 2 is 1.96 bits per heavy atom. The monoisotopic (exact) mass is 308 g/mol. The molecule has 2 aromatic rings. The Bertz CT molecular complexity index is 720. The van der Waals surface area contributed by atoms with Gasteiger partial charge in [0.2, 0.25) is 0 Å². The van der Waals surface area contributed by atoms with Crippen molar-refractivity contribution in [1.82, 2.24) is 10.3 Å². The fraction of sp³-hybridized carbons (Fsp3) is 0.571. The topological polar surface area (TPSA) is 24.9 Å². The molecule has 1 aromatic carbocycles. The van der Waals surface area contributed by atoms with Crippen molar-refractivity contribution in [2.24, 2.45) is 5.41 Å². The molecule has 1 aliphatic carbocycles. The minimum atomic E-state index is 0.169. The summed E-state index contributed by atoms with van der Waals surface area (Å²) in [4.78, 5) is 4.35. The van der Waals surface area contributed by atoms with Crippen molar-refractivity contribution < 1.29 is 0 Å². The van der Waals surface area contributed by atoms with E-state index in [0.717, 1.165) is 0 Å². The minimum absolute atomic E-state index is 0.169. The largest absolute Gasteiger partial charge is 0.309 e. The standard InChI is InChI=1S/C21H28N2/c1-20(2,3)16-10-15-13-22-9-6-17(15)18(11-16)19-12-21(14-23-19)7-4-5-8-21/h6,9-11,13,19,23H,4-5,7-8,12,14H2,1-3H3. The van der Waals surface area contributed by atoms with Crippen LogP contribution in [0.1, 0.15) is 70.0 Å². The van der Waals surface area contributed by atoms with Gasteiger partial charge in [-0.3, -0.25) is 4.98 Å². The van der Waals surface area contributed by atoms with Gasteiger partial charge < -0.3 is 5.32 Å². The highest BCUT2D eigenvalue weighted by atomic mass is 15.0. The second-order valence-electron chi connectivity index (χ2n) is 8.76. The van der Waals surface area contributed by atoms with Crippen molar-refractivity contribution in [3.8, 4) is 0 Å². The number of rotatable bonds is 1. The van der Waals surface area contributed by atoms with Gasteiger partial charge in [-0.1, -0.05) is 39.7 Å². The summed E-state index contributed by atoms with van der Waals surface area (Å²) in [6.07, 6.45) is 10.9. The van der Waals surface area contributed by atoms with Gasteiger partial charge in [-0.15, -0.1) is 0 Å². The Morgan fingerprint density at radius 1 is 1.17 bits per heavy atom. The first-order valence-corrected chi connectivity index (χ1v) is 9.09. The molecule has 1 aromatic heterocycles. The predicted molar refractivity (Wildman–Crippen MR) is 96.7 cm³/mol. The van der Waals surface area contributed by atoms with Crippen LogP contribution in [0.5, 0.6) is 0 Å². The highest BCUT2D eigenvalue weighted by Crippen LogP contribution is 2.49. The SMILES string of the molecule is CC(C)(C)c1cc(C2CC3(CCCC3)CN2)c2ccncc2c1. The van der Waals surface area contributed by atoms with Crippen LogP contribution in [0, 0.1) is 5.41 Å². The van der Waals surface area contributed by atoms with Crippen molar-refractivity contribution in [2.45, 2.75) is 64.3 Å². The maximum atomic E-state index is 4.35. The number of fused-ring (bicyclic) bond motifs is 1. The molecule has 1 spiro atoms. The molecule has 2 fully saturated rings. The van der Waals surface area contributed by atoms with Crippen LogP contribution in [0.25, 0.3) is 10.8 Å². The van der Waals surface area contributed by atoms with Gasteiger partial charge in [-0.2, -0.15) is 0 Å². The van der Waals surface area contributed by atoms with E-state index in [1.807, 2.05) is 12.4 Å². The highest BCUT2D eigenvalue weighted by molar-refractivity contribution is 5.86. The molecule has 2 heteroatoms. The lowest BCUT2D eigenvalue weighted by Gasteiger charge is -2.24. The molecule has 0 radical (unpaired) electrons. The Morgan fingerprint density at radius 3 is 2.70 bits per heavy atom. The van der Waals surface area contributed by atoms with Gasteiger partial charge in [0, 0.05) is 30.4 Å². The lowest BCUT2D eigenvalue weighted by Crippen LogP contribution is -2.20. The Kier molecular flexibility index (Phi) is 3.49.